The molecule has 1 aliphatic rings. The number of ether oxygens (including phenoxy) is 1. The van der Waals surface area contributed by atoms with E-state index < -0.39 is 5.97 Å². The van der Waals surface area contributed by atoms with Gasteiger partial charge in [0.2, 0.25) is 0 Å². The fourth-order valence-corrected chi connectivity index (χ4v) is 2.07. The molecule has 0 aromatic carbocycles. The number of carbonyl (C=O) groups excluding carboxylic acids is 1. The minimum absolute atomic E-state index is 0.0315. The van der Waals surface area contributed by atoms with E-state index in [0.717, 1.165) is 6.42 Å². The van der Waals surface area contributed by atoms with Crippen LogP contribution in [0.3, 0.4) is 0 Å². The lowest BCUT2D eigenvalue weighted by Gasteiger charge is -2.20. The Balaban J connectivity index is 2.29. The quantitative estimate of drug-likeness (QED) is 0.742. The predicted octanol–water partition coefficient (Wildman–Crippen LogP) is 0.918. The van der Waals surface area contributed by atoms with Crippen molar-refractivity contribution in [1.29, 1.82) is 0 Å². The molecule has 0 bridgehead atoms. The van der Waals surface area contributed by atoms with Crippen LogP contribution in [0.15, 0.2) is 0 Å². The van der Waals surface area contributed by atoms with E-state index >= 15 is 0 Å². The van der Waals surface area contributed by atoms with Gasteiger partial charge in [0.25, 0.3) is 0 Å². The van der Waals surface area contributed by atoms with E-state index in [1.54, 1.807) is 4.90 Å². The Morgan fingerprint density at radius 2 is 2.28 bits per heavy atom. The summed E-state index contributed by atoms with van der Waals surface area (Å²) in [5.74, 6) is -0.720. The molecule has 2 unspecified atom stereocenters. The second kappa shape index (κ2) is 7.20. The zero-order chi connectivity index (χ0) is 13.5. The summed E-state index contributed by atoms with van der Waals surface area (Å²) in [5.41, 5.74) is 0. The summed E-state index contributed by atoms with van der Waals surface area (Å²) in [6.07, 6.45) is 0.901. The van der Waals surface area contributed by atoms with Crippen molar-refractivity contribution in [2.45, 2.75) is 32.7 Å². The van der Waals surface area contributed by atoms with Crippen LogP contribution >= 0.6 is 0 Å². The first-order chi connectivity index (χ1) is 8.52. The summed E-state index contributed by atoms with van der Waals surface area (Å²) < 4.78 is 5.22. The number of nitrogens with one attached hydrogen (secondary N) is 1. The third-order valence-corrected chi connectivity index (χ3v) is 2.98. The second-order valence-electron chi connectivity index (χ2n) is 4.71. The van der Waals surface area contributed by atoms with Crippen LogP contribution in [0.5, 0.6) is 0 Å². The van der Waals surface area contributed by atoms with Gasteiger partial charge in [0.05, 0.1) is 12.6 Å². The summed E-state index contributed by atoms with van der Waals surface area (Å²) in [6, 6.07) is -0.161. The van der Waals surface area contributed by atoms with E-state index in [4.69, 9.17) is 9.84 Å². The minimum atomic E-state index is -0.799. The number of carboxylic acids is 1. The van der Waals surface area contributed by atoms with Gasteiger partial charge in [-0.25, -0.2) is 4.79 Å². The largest absolute Gasteiger partial charge is 0.481 e. The molecule has 1 saturated heterocycles. The average molecular weight is 258 g/mol. The molecule has 0 saturated carbocycles. The molecule has 0 spiro atoms. The molecule has 0 aromatic heterocycles. The molecule has 0 aromatic rings. The summed E-state index contributed by atoms with van der Waals surface area (Å²) >= 11 is 0. The second-order valence-corrected chi connectivity index (χ2v) is 4.71. The Bertz CT molecular complexity index is 296. The van der Waals surface area contributed by atoms with Crippen molar-refractivity contribution >= 4 is 12.0 Å². The Morgan fingerprint density at radius 1 is 1.56 bits per heavy atom. The minimum Gasteiger partial charge on any atom is -0.481 e. The van der Waals surface area contributed by atoms with E-state index in [1.807, 2.05) is 13.8 Å². The van der Waals surface area contributed by atoms with Gasteiger partial charge in [0.15, 0.2) is 0 Å². The zero-order valence-electron chi connectivity index (χ0n) is 11.0. The molecule has 104 valence electrons. The molecule has 0 aliphatic carbocycles. The Hall–Kier alpha value is -1.30. The number of carbonyl (C=O) groups is 2. The highest BCUT2D eigenvalue weighted by Crippen LogP contribution is 2.19. The van der Waals surface area contributed by atoms with Crippen LogP contribution in [0, 0.1) is 5.92 Å². The average Bonchev–Trinajstić information content (AvgIpc) is 2.73. The standard InChI is InChI=1S/C12H22N2O4/c1-3-18-8-9(2)13-12(17)14-5-4-10(7-14)6-11(15)16/h9-10H,3-8H2,1-2H3,(H,13,17)(H,15,16). The number of likely N-dealkylation sites (tertiary alicyclic amines) is 1. The van der Waals surface area contributed by atoms with E-state index in [0.29, 0.717) is 26.3 Å². The predicted molar refractivity (Wildman–Crippen MR) is 66.4 cm³/mol. The maximum Gasteiger partial charge on any atom is 0.317 e. The topological polar surface area (TPSA) is 78.9 Å². The molecular weight excluding hydrogens is 236 g/mol. The third-order valence-electron chi connectivity index (χ3n) is 2.98. The number of amides is 2. The van der Waals surface area contributed by atoms with Crippen LogP contribution in [0.25, 0.3) is 0 Å². The van der Waals surface area contributed by atoms with Crippen molar-refractivity contribution in [3.8, 4) is 0 Å². The molecule has 2 atom stereocenters. The number of hydrogen-bond donors (Lipinski definition) is 2. The summed E-state index contributed by atoms with van der Waals surface area (Å²) in [6.45, 7) is 6.08. The van der Waals surface area contributed by atoms with Crippen LogP contribution in [0.1, 0.15) is 26.7 Å². The lowest BCUT2D eigenvalue weighted by molar-refractivity contribution is -0.138. The van der Waals surface area contributed by atoms with Gasteiger partial charge in [0.1, 0.15) is 0 Å². The first-order valence-corrected chi connectivity index (χ1v) is 6.37. The SMILES string of the molecule is CCOCC(C)NC(=O)N1CCC(CC(=O)O)C1. The summed E-state index contributed by atoms with van der Waals surface area (Å²) in [4.78, 5) is 24.1. The van der Waals surface area contributed by atoms with Gasteiger partial charge in [-0.15, -0.1) is 0 Å². The monoisotopic (exact) mass is 258 g/mol. The summed E-state index contributed by atoms with van der Waals surface area (Å²) in [7, 11) is 0. The van der Waals surface area contributed by atoms with Crippen molar-refractivity contribution in [1.82, 2.24) is 10.2 Å². The van der Waals surface area contributed by atoms with Gasteiger partial charge in [0, 0.05) is 26.1 Å². The highest BCUT2D eigenvalue weighted by Gasteiger charge is 2.28. The number of rotatable bonds is 6. The number of carboxylic acid groups (broad SMARTS) is 1. The molecule has 1 aliphatic heterocycles. The zero-order valence-corrected chi connectivity index (χ0v) is 11.0. The summed E-state index contributed by atoms with van der Waals surface area (Å²) in [5, 5.41) is 11.6. The van der Waals surface area contributed by atoms with Gasteiger partial charge in [-0.3, -0.25) is 4.79 Å². The highest BCUT2D eigenvalue weighted by atomic mass is 16.5. The molecule has 1 fully saturated rings. The fraction of sp³-hybridized carbons (Fsp3) is 0.833. The van der Waals surface area contributed by atoms with Crippen molar-refractivity contribution < 1.29 is 19.4 Å². The molecule has 0 radical (unpaired) electrons. The van der Waals surface area contributed by atoms with E-state index in [-0.39, 0.29) is 24.4 Å². The van der Waals surface area contributed by atoms with Gasteiger partial charge in [-0.2, -0.15) is 0 Å². The molecule has 1 heterocycles. The van der Waals surface area contributed by atoms with Crippen LogP contribution < -0.4 is 5.32 Å². The lowest BCUT2D eigenvalue weighted by atomic mass is 10.1. The maximum atomic E-state index is 11.9. The molecule has 6 heteroatoms. The van der Waals surface area contributed by atoms with E-state index in [1.165, 1.54) is 0 Å². The first-order valence-electron chi connectivity index (χ1n) is 6.37. The van der Waals surface area contributed by atoms with Crippen molar-refractivity contribution in [3.63, 3.8) is 0 Å². The van der Waals surface area contributed by atoms with Crippen molar-refractivity contribution in [2.75, 3.05) is 26.3 Å². The van der Waals surface area contributed by atoms with Crippen molar-refractivity contribution in [3.05, 3.63) is 0 Å². The van der Waals surface area contributed by atoms with Crippen LogP contribution in [0.4, 0.5) is 4.79 Å². The number of aliphatic carboxylic acids is 1. The Labute approximate surface area is 107 Å². The highest BCUT2D eigenvalue weighted by molar-refractivity contribution is 5.75. The first kappa shape index (κ1) is 14.8. The third kappa shape index (κ3) is 4.91. The van der Waals surface area contributed by atoms with E-state index in [9.17, 15) is 9.59 Å². The number of urea groups is 1. The Kier molecular flexibility index (Phi) is 5.91. The van der Waals surface area contributed by atoms with Gasteiger partial charge in [-0.05, 0) is 26.2 Å². The van der Waals surface area contributed by atoms with Gasteiger partial charge < -0.3 is 20.1 Å². The molecule has 2 N–H and O–H groups in total. The fourth-order valence-electron chi connectivity index (χ4n) is 2.07. The van der Waals surface area contributed by atoms with Gasteiger partial charge >= 0.3 is 12.0 Å². The Morgan fingerprint density at radius 3 is 2.89 bits per heavy atom. The van der Waals surface area contributed by atoms with Gasteiger partial charge in [-0.1, -0.05) is 0 Å². The smallest absolute Gasteiger partial charge is 0.317 e. The molecule has 1 rings (SSSR count). The molecule has 2 amide bonds. The number of nitrogens with zero attached hydrogens (tertiary/aromatic N) is 1. The maximum absolute atomic E-state index is 11.9. The molecule has 6 nitrogen and oxygen atoms in total. The number of hydrogen-bond acceptors (Lipinski definition) is 3. The molecular formula is C12H22N2O4. The normalized spacial score (nSPS) is 20.8. The van der Waals surface area contributed by atoms with Crippen molar-refractivity contribution in [2.24, 2.45) is 5.92 Å². The molecule has 18 heavy (non-hydrogen) atoms. The van der Waals surface area contributed by atoms with E-state index in [2.05, 4.69) is 5.32 Å². The van der Waals surface area contributed by atoms with Crippen LogP contribution in [0.2, 0.25) is 0 Å². The van der Waals surface area contributed by atoms with Crippen LogP contribution in [-0.4, -0.2) is 54.4 Å². The van der Waals surface area contributed by atoms with Crippen LogP contribution in [-0.2, 0) is 9.53 Å². The lowest BCUT2D eigenvalue weighted by Crippen LogP contribution is -2.44.